The van der Waals surface area contributed by atoms with E-state index in [1.807, 2.05) is 32.9 Å². The third kappa shape index (κ3) is 3.13. The van der Waals surface area contributed by atoms with Gasteiger partial charge in [-0.2, -0.15) is 5.10 Å². The van der Waals surface area contributed by atoms with Gasteiger partial charge in [-0.15, -0.1) is 0 Å². The van der Waals surface area contributed by atoms with Crippen molar-refractivity contribution in [1.29, 1.82) is 0 Å². The van der Waals surface area contributed by atoms with Gasteiger partial charge in [0.05, 0.1) is 11.8 Å². The summed E-state index contributed by atoms with van der Waals surface area (Å²) in [6, 6.07) is 8.20. The molecule has 0 radical (unpaired) electrons. The summed E-state index contributed by atoms with van der Waals surface area (Å²) in [6.45, 7) is 6.00. The number of carbonyl (C=O) groups is 1. The van der Waals surface area contributed by atoms with E-state index in [0.29, 0.717) is 0 Å². The summed E-state index contributed by atoms with van der Waals surface area (Å²) in [5.41, 5.74) is 10.3. The van der Waals surface area contributed by atoms with Gasteiger partial charge in [-0.25, -0.2) is 0 Å². The summed E-state index contributed by atoms with van der Waals surface area (Å²) in [5, 5.41) is 4.39. The molecule has 2 aromatic rings. The fraction of sp³-hybridized carbons (Fsp3) is 0.375. The number of carbonyl (C=O) groups excluding carboxylic acids is 1. The number of ether oxygens (including phenoxy) is 1. The fourth-order valence-electron chi connectivity index (χ4n) is 2.47. The lowest BCUT2D eigenvalue weighted by molar-refractivity contribution is -0.118. The average Bonchev–Trinajstić information content (AvgIpc) is 2.72. The first-order chi connectivity index (χ1) is 9.93. The maximum Gasteiger partial charge on any atom is 0.239 e. The van der Waals surface area contributed by atoms with Crippen molar-refractivity contribution >= 4 is 5.91 Å². The van der Waals surface area contributed by atoms with E-state index in [1.165, 1.54) is 0 Å². The summed E-state index contributed by atoms with van der Waals surface area (Å²) >= 11 is 0. The highest BCUT2D eigenvalue weighted by molar-refractivity contribution is 5.74. The molecule has 1 aromatic heterocycles. The topological polar surface area (TPSA) is 70.1 Å². The maximum atomic E-state index is 11.1. The Morgan fingerprint density at radius 1 is 1.33 bits per heavy atom. The van der Waals surface area contributed by atoms with Crippen LogP contribution in [-0.2, 0) is 16.1 Å². The van der Waals surface area contributed by atoms with Gasteiger partial charge in [-0.1, -0.05) is 24.3 Å². The Bertz CT molecular complexity index is 644. The number of benzene rings is 1. The van der Waals surface area contributed by atoms with Crippen LogP contribution in [0.1, 0.15) is 30.0 Å². The molecule has 0 spiro atoms. The number of hydrogen-bond donors (Lipinski definition) is 1. The molecule has 21 heavy (non-hydrogen) atoms. The Labute approximate surface area is 124 Å². The van der Waals surface area contributed by atoms with Crippen LogP contribution in [0.4, 0.5) is 0 Å². The largest absolute Gasteiger partial charge is 0.377 e. The molecule has 5 nitrogen and oxygen atoms in total. The quantitative estimate of drug-likeness (QED) is 0.917. The second-order valence-corrected chi connectivity index (χ2v) is 5.17. The number of rotatable bonds is 5. The van der Waals surface area contributed by atoms with E-state index in [-0.39, 0.29) is 12.6 Å². The van der Waals surface area contributed by atoms with Gasteiger partial charge in [0, 0.05) is 18.4 Å². The van der Waals surface area contributed by atoms with Gasteiger partial charge < -0.3 is 10.5 Å². The standard InChI is InChI=1S/C16H21N3O2/c1-10-16(11(2)19(18-10)9-15(17)20)14-7-5-13(6-8-14)12(3)21-4/h5-8,12H,9H2,1-4H3,(H2,17,20)/t12-/m0/s1. The predicted molar refractivity (Wildman–Crippen MR) is 81.8 cm³/mol. The van der Waals surface area contributed by atoms with E-state index in [1.54, 1.807) is 11.8 Å². The number of nitrogens with zero attached hydrogens (tertiary/aromatic N) is 2. The van der Waals surface area contributed by atoms with E-state index in [2.05, 4.69) is 17.2 Å². The number of primary amides is 1. The van der Waals surface area contributed by atoms with Crippen LogP contribution < -0.4 is 5.73 Å². The van der Waals surface area contributed by atoms with Crippen molar-refractivity contribution < 1.29 is 9.53 Å². The average molecular weight is 287 g/mol. The van der Waals surface area contributed by atoms with Crippen LogP contribution in [0.2, 0.25) is 0 Å². The Morgan fingerprint density at radius 2 is 1.95 bits per heavy atom. The van der Waals surface area contributed by atoms with Crippen LogP contribution in [0.25, 0.3) is 11.1 Å². The molecule has 1 aromatic carbocycles. The lowest BCUT2D eigenvalue weighted by Gasteiger charge is -2.10. The molecule has 1 atom stereocenters. The molecule has 2 N–H and O–H groups in total. The molecular weight excluding hydrogens is 266 g/mol. The predicted octanol–water partition coefficient (Wildman–Crippen LogP) is 2.36. The van der Waals surface area contributed by atoms with Crippen molar-refractivity contribution in [2.24, 2.45) is 5.73 Å². The number of methoxy groups -OCH3 is 1. The van der Waals surface area contributed by atoms with E-state index in [9.17, 15) is 4.79 Å². The molecule has 1 amide bonds. The lowest BCUT2D eigenvalue weighted by Crippen LogP contribution is -2.20. The Morgan fingerprint density at radius 3 is 2.48 bits per heavy atom. The molecule has 0 aliphatic rings. The van der Waals surface area contributed by atoms with Crippen molar-refractivity contribution in [1.82, 2.24) is 9.78 Å². The van der Waals surface area contributed by atoms with Gasteiger partial charge in [0.25, 0.3) is 0 Å². The zero-order valence-electron chi connectivity index (χ0n) is 12.9. The lowest BCUT2D eigenvalue weighted by atomic mass is 10.0. The van der Waals surface area contributed by atoms with Crippen molar-refractivity contribution in [2.75, 3.05) is 7.11 Å². The van der Waals surface area contributed by atoms with Gasteiger partial charge in [0.1, 0.15) is 6.54 Å². The monoisotopic (exact) mass is 287 g/mol. The van der Waals surface area contributed by atoms with Crippen LogP contribution >= 0.6 is 0 Å². The van der Waals surface area contributed by atoms with Crippen LogP contribution in [-0.4, -0.2) is 22.8 Å². The second kappa shape index (κ2) is 6.10. The minimum Gasteiger partial charge on any atom is -0.377 e. The van der Waals surface area contributed by atoms with Gasteiger partial charge in [-0.05, 0) is 31.9 Å². The smallest absolute Gasteiger partial charge is 0.239 e. The minimum absolute atomic E-state index is 0.0684. The first kappa shape index (κ1) is 15.3. The van der Waals surface area contributed by atoms with E-state index >= 15 is 0 Å². The molecule has 0 saturated carbocycles. The summed E-state index contributed by atoms with van der Waals surface area (Å²) in [7, 11) is 1.70. The maximum absolute atomic E-state index is 11.1. The molecule has 0 aliphatic carbocycles. The SMILES string of the molecule is CO[C@@H](C)c1ccc(-c2c(C)nn(CC(N)=O)c2C)cc1. The fourth-order valence-corrected chi connectivity index (χ4v) is 2.47. The molecule has 0 unspecified atom stereocenters. The number of hydrogen-bond acceptors (Lipinski definition) is 3. The highest BCUT2D eigenvalue weighted by Gasteiger charge is 2.15. The Kier molecular flexibility index (Phi) is 4.43. The van der Waals surface area contributed by atoms with Crippen LogP contribution in [0.15, 0.2) is 24.3 Å². The van der Waals surface area contributed by atoms with E-state index in [4.69, 9.17) is 10.5 Å². The third-order valence-electron chi connectivity index (χ3n) is 3.71. The van der Waals surface area contributed by atoms with Gasteiger partial charge in [0.15, 0.2) is 0 Å². The Balaban J connectivity index is 2.38. The molecule has 2 rings (SSSR count). The Hall–Kier alpha value is -2.14. The van der Waals surface area contributed by atoms with Crippen molar-refractivity contribution in [3.63, 3.8) is 0 Å². The zero-order valence-corrected chi connectivity index (χ0v) is 12.9. The first-order valence-electron chi connectivity index (χ1n) is 6.89. The number of aromatic nitrogens is 2. The van der Waals surface area contributed by atoms with Crippen molar-refractivity contribution in [3.05, 3.63) is 41.2 Å². The third-order valence-corrected chi connectivity index (χ3v) is 3.71. The zero-order chi connectivity index (χ0) is 15.6. The van der Waals surface area contributed by atoms with Crippen molar-refractivity contribution in [3.8, 4) is 11.1 Å². The second-order valence-electron chi connectivity index (χ2n) is 5.17. The molecule has 1 heterocycles. The molecular formula is C16H21N3O2. The summed E-state index contributed by atoms with van der Waals surface area (Å²) < 4.78 is 6.96. The van der Waals surface area contributed by atoms with Crippen molar-refractivity contribution in [2.45, 2.75) is 33.4 Å². The number of nitrogens with two attached hydrogens (primary N) is 1. The van der Waals surface area contributed by atoms with Gasteiger partial charge in [0.2, 0.25) is 5.91 Å². The van der Waals surface area contributed by atoms with E-state index in [0.717, 1.165) is 28.1 Å². The summed E-state index contributed by atoms with van der Waals surface area (Å²) in [6.07, 6.45) is 0.0684. The highest BCUT2D eigenvalue weighted by atomic mass is 16.5. The molecule has 0 aliphatic heterocycles. The number of amides is 1. The van der Waals surface area contributed by atoms with Crippen LogP contribution in [0, 0.1) is 13.8 Å². The summed E-state index contributed by atoms with van der Waals surface area (Å²) in [4.78, 5) is 11.1. The molecule has 112 valence electrons. The van der Waals surface area contributed by atoms with E-state index < -0.39 is 5.91 Å². The highest BCUT2D eigenvalue weighted by Crippen LogP contribution is 2.28. The molecule has 0 fully saturated rings. The molecule has 0 saturated heterocycles. The summed E-state index contributed by atoms with van der Waals surface area (Å²) in [5.74, 6) is -0.392. The first-order valence-corrected chi connectivity index (χ1v) is 6.89. The number of aryl methyl sites for hydroxylation is 1. The molecule has 5 heteroatoms. The normalized spacial score (nSPS) is 12.4. The molecule has 0 bridgehead atoms. The van der Waals surface area contributed by atoms with Crippen LogP contribution in [0.5, 0.6) is 0 Å². The van der Waals surface area contributed by atoms with Gasteiger partial charge in [-0.3, -0.25) is 9.48 Å². The van der Waals surface area contributed by atoms with Gasteiger partial charge >= 0.3 is 0 Å². The van der Waals surface area contributed by atoms with Crippen LogP contribution in [0.3, 0.4) is 0 Å². The minimum atomic E-state index is -0.392.